The van der Waals surface area contributed by atoms with Crippen LogP contribution in [0.25, 0.3) is 0 Å². The van der Waals surface area contributed by atoms with Crippen LogP contribution in [0.15, 0.2) is 30.6 Å². The van der Waals surface area contributed by atoms with E-state index in [9.17, 15) is 4.79 Å². The van der Waals surface area contributed by atoms with Crippen LogP contribution < -0.4 is 10.1 Å². The fourth-order valence-corrected chi connectivity index (χ4v) is 7.03. The number of nitrogens with zero attached hydrogens (tertiary/aromatic N) is 5. The van der Waals surface area contributed by atoms with Gasteiger partial charge in [-0.2, -0.15) is 4.80 Å². The van der Waals surface area contributed by atoms with E-state index in [2.05, 4.69) is 31.7 Å². The van der Waals surface area contributed by atoms with Gasteiger partial charge in [-0.15, -0.1) is 10.2 Å². The first-order valence-corrected chi connectivity index (χ1v) is 11.1. The van der Waals surface area contributed by atoms with E-state index in [-0.39, 0.29) is 17.0 Å². The van der Waals surface area contributed by atoms with Crippen molar-refractivity contribution in [2.45, 2.75) is 56.1 Å². The third-order valence-electron chi connectivity index (χ3n) is 7.61. The lowest BCUT2D eigenvalue weighted by Gasteiger charge is -2.61. The van der Waals surface area contributed by atoms with Gasteiger partial charge in [0, 0.05) is 24.2 Å². The van der Waals surface area contributed by atoms with Gasteiger partial charge in [0.1, 0.15) is 12.4 Å². The van der Waals surface area contributed by atoms with Crippen molar-refractivity contribution in [2.24, 2.45) is 11.8 Å². The van der Waals surface area contributed by atoms with Gasteiger partial charge in [0.05, 0.1) is 12.1 Å². The lowest BCUT2D eigenvalue weighted by Crippen LogP contribution is -2.66. The number of hydrogen-bond donors (Lipinski definition) is 1. The number of carbonyl (C=O) groups excluding carboxylic acids is 1. The van der Waals surface area contributed by atoms with Crippen LogP contribution in [0, 0.1) is 11.8 Å². The number of rotatable bonds is 4. The molecule has 2 unspecified atom stereocenters. The zero-order valence-corrected chi connectivity index (χ0v) is 17.2. The molecular weight excluding hydrogens is 380 g/mol. The van der Waals surface area contributed by atoms with E-state index in [1.807, 2.05) is 23.0 Å². The fourth-order valence-electron chi connectivity index (χ4n) is 7.03. The molecule has 4 aliphatic carbocycles. The Morgan fingerprint density at radius 2 is 2.03 bits per heavy atom. The molecule has 8 heteroatoms. The Labute approximate surface area is 176 Å². The Kier molecular flexibility index (Phi) is 4.13. The number of amides is 1. The predicted molar refractivity (Wildman–Crippen MR) is 109 cm³/mol. The highest BCUT2D eigenvalue weighted by atomic mass is 16.5. The van der Waals surface area contributed by atoms with E-state index in [1.165, 1.54) is 12.7 Å². The van der Waals surface area contributed by atoms with E-state index in [4.69, 9.17) is 4.74 Å². The average Bonchev–Trinajstić information content (AvgIpc) is 3.16. The van der Waals surface area contributed by atoms with Crippen molar-refractivity contribution in [2.75, 3.05) is 19.7 Å². The monoisotopic (exact) mass is 408 g/mol. The van der Waals surface area contributed by atoms with Crippen molar-refractivity contribution in [1.82, 2.24) is 30.4 Å². The van der Waals surface area contributed by atoms with Crippen LogP contribution in [-0.4, -0.2) is 56.2 Å². The lowest BCUT2D eigenvalue weighted by molar-refractivity contribution is -0.132. The van der Waals surface area contributed by atoms with E-state index < -0.39 is 0 Å². The number of nitrogens with one attached hydrogen (secondary N) is 1. The Morgan fingerprint density at radius 3 is 2.83 bits per heavy atom. The van der Waals surface area contributed by atoms with Crippen LogP contribution in [0.5, 0.6) is 5.75 Å². The van der Waals surface area contributed by atoms with Crippen LogP contribution in [0.3, 0.4) is 0 Å². The molecule has 158 valence electrons. The Bertz CT molecular complexity index is 931. The summed E-state index contributed by atoms with van der Waals surface area (Å²) in [6.45, 7) is 2.52. The first kappa shape index (κ1) is 18.3. The van der Waals surface area contributed by atoms with E-state index in [0.29, 0.717) is 25.0 Å². The standard InChI is InChI=1S/C22H28N6O2/c29-20(13-27-5-6-30-19-4-2-1-3-18(19)12-27)25-21-8-16-7-17(9-21)11-22(10-16,14-21)28-24-15-23-26-28/h1-4,15-17H,5-14H2,(H,25,29). The van der Waals surface area contributed by atoms with Crippen molar-refractivity contribution < 1.29 is 9.53 Å². The molecule has 2 aromatic rings. The predicted octanol–water partition coefficient (Wildman–Crippen LogP) is 1.73. The highest BCUT2D eigenvalue weighted by molar-refractivity contribution is 5.79. The molecule has 4 bridgehead atoms. The summed E-state index contributed by atoms with van der Waals surface area (Å²) in [5.41, 5.74) is 0.937. The van der Waals surface area contributed by atoms with Crippen LogP contribution in [0.4, 0.5) is 0 Å². The molecular formula is C22H28N6O2. The molecule has 0 radical (unpaired) electrons. The molecule has 5 aliphatic rings. The van der Waals surface area contributed by atoms with Gasteiger partial charge >= 0.3 is 0 Å². The second-order valence-corrected chi connectivity index (χ2v) is 9.91. The van der Waals surface area contributed by atoms with Crippen molar-refractivity contribution in [1.29, 1.82) is 0 Å². The van der Waals surface area contributed by atoms with Crippen LogP contribution >= 0.6 is 0 Å². The van der Waals surface area contributed by atoms with Gasteiger partial charge in [0.25, 0.3) is 0 Å². The summed E-state index contributed by atoms with van der Waals surface area (Å²) in [4.78, 5) is 17.2. The maximum atomic E-state index is 13.2. The van der Waals surface area contributed by atoms with E-state index in [0.717, 1.165) is 56.5 Å². The smallest absolute Gasteiger partial charge is 0.234 e. The summed E-state index contributed by atoms with van der Waals surface area (Å²) in [5.74, 6) is 2.33. The second-order valence-electron chi connectivity index (χ2n) is 9.91. The van der Waals surface area contributed by atoms with Gasteiger partial charge in [-0.05, 0) is 61.6 Å². The van der Waals surface area contributed by atoms with Crippen LogP contribution in [0.1, 0.15) is 44.1 Å². The van der Waals surface area contributed by atoms with Gasteiger partial charge in [-0.1, -0.05) is 18.2 Å². The first-order chi connectivity index (χ1) is 14.6. The van der Waals surface area contributed by atoms with Crippen molar-refractivity contribution in [3.05, 3.63) is 36.2 Å². The SMILES string of the molecule is O=C(CN1CCOc2ccccc2C1)NC12CC3CC(C1)CC(n1ncnn1)(C3)C2. The van der Waals surface area contributed by atoms with Crippen molar-refractivity contribution in [3.63, 3.8) is 0 Å². The zero-order valence-electron chi connectivity index (χ0n) is 17.2. The summed E-state index contributed by atoms with van der Waals surface area (Å²) in [6, 6.07) is 8.11. The number of ether oxygens (including phenoxy) is 1. The number of benzene rings is 1. The molecule has 2 heterocycles. The van der Waals surface area contributed by atoms with Gasteiger partial charge in [-0.25, -0.2) is 0 Å². The summed E-state index contributed by atoms with van der Waals surface area (Å²) < 4.78 is 5.85. The molecule has 2 atom stereocenters. The minimum Gasteiger partial charge on any atom is -0.492 e. The molecule has 1 N–H and O–H groups in total. The largest absolute Gasteiger partial charge is 0.492 e. The lowest BCUT2D eigenvalue weighted by atomic mass is 9.50. The Hall–Kier alpha value is -2.48. The summed E-state index contributed by atoms with van der Waals surface area (Å²) in [7, 11) is 0. The van der Waals surface area contributed by atoms with Gasteiger partial charge in [0.15, 0.2) is 6.33 Å². The number of carbonyl (C=O) groups is 1. The summed E-state index contributed by atoms with van der Waals surface area (Å²) in [6.07, 6.45) is 8.10. The van der Waals surface area contributed by atoms with Gasteiger partial charge < -0.3 is 10.1 Å². The molecule has 1 aromatic carbocycles. The van der Waals surface area contributed by atoms with Crippen LogP contribution in [0.2, 0.25) is 0 Å². The van der Waals surface area contributed by atoms with E-state index >= 15 is 0 Å². The average molecular weight is 409 g/mol. The van der Waals surface area contributed by atoms with E-state index in [1.54, 1.807) is 0 Å². The molecule has 1 aliphatic heterocycles. The topological polar surface area (TPSA) is 85.2 Å². The maximum absolute atomic E-state index is 13.2. The van der Waals surface area contributed by atoms with Crippen LogP contribution in [-0.2, 0) is 16.9 Å². The second kappa shape index (κ2) is 6.77. The number of para-hydroxylation sites is 1. The minimum absolute atomic E-state index is 0.0801. The Morgan fingerprint density at radius 1 is 1.20 bits per heavy atom. The summed E-state index contributed by atoms with van der Waals surface area (Å²) in [5, 5.41) is 16.1. The number of tetrazole rings is 1. The molecule has 30 heavy (non-hydrogen) atoms. The number of hydrogen-bond acceptors (Lipinski definition) is 6. The van der Waals surface area contributed by atoms with Gasteiger partial charge in [0.2, 0.25) is 5.91 Å². The maximum Gasteiger partial charge on any atom is 0.234 e. The number of fused-ring (bicyclic) bond motifs is 1. The van der Waals surface area contributed by atoms with Crippen molar-refractivity contribution >= 4 is 5.91 Å². The summed E-state index contributed by atoms with van der Waals surface area (Å²) >= 11 is 0. The zero-order chi connectivity index (χ0) is 20.2. The quantitative estimate of drug-likeness (QED) is 0.829. The molecule has 1 aromatic heterocycles. The third kappa shape index (κ3) is 3.09. The Balaban J connectivity index is 1.18. The third-order valence-corrected chi connectivity index (χ3v) is 7.61. The molecule has 0 saturated heterocycles. The molecule has 4 saturated carbocycles. The normalized spacial score (nSPS) is 34.8. The molecule has 1 amide bonds. The highest BCUT2D eigenvalue weighted by Crippen LogP contribution is 2.60. The molecule has 7 rings (SSSR count). The fraction of sp³-hybridized carbons (Fsp3) is 0.636. The van der Waals surface area contributed by atoms with Gasteiger partial charge in [-0.3, -0.25) is 9.69 Å². The first-order valence-electron chi connectivity index (χ1n) is 11.1. The molecule has 8 nitrogen and oxygen atoms in total. The number of aromatic nitrogens is 4. The highest BCUT2D eigenvalue weighted by Gasteiger charge is 2.60. The molecule has 0 spiro atoms. The molecule has 4 fully saturated rings. The minimum atomic E-state index is -0.130. The van der Waals surface area contributed by atoms with Crippen molar-refractivity contribution in [3.8, 4) is 5.75 Å².